The number of halogens is 1. The maximum absolute atomic E-state index is 5.99. The van der Waals surface area contributed by atoms with Crippen LogP contribution in [-0.2, 0) is 6.42 Å². The van der Waals surface area contributed by atoms with Gasteiger partial charge < -0.3 is 15.8 Å². The average Bonchev–Trinajstić information content (AvgIpc) is 2.74. The van der Waals surface area contributed by atoms with Gasteiger partial charge in [0, 0.05) is 17.3 Å². The Balaban J connectivity index is 1.41. The molecule has 0 saturated heterocycles. The molecule has 3 aromatic carbocycles. The summed E-state index contributed by atoms with van der Waals surface area (Å²) in [5.74, 6) is 0.936. The minimum absolute atomic E-state index is 0.667. The van der Waals surface area contributed by atoms with Gasteiger partial charge in [0.15, 0.2) is 0 Å². The second kappa shape index (κ2) is 9.41. The third-order valence-electron chi connectivity index (χ3n) is 4.90. The van der Waals surface area contributed by atoms with Crippen LogP contribution in [0, 0.1) is 3.57 Å². The van der Waals surface area contributed by atoms with E-state index < -0.39 is 0 Å². The van der Waals surface area contributed by atoms with E-state index in [1.54, 1.807) is 0 Å². The first-order chi connectivity index (χ1) is 14.3. The Labute approximate surface area is 184 Å². The third kappa shape index (κ3) is 4.62. The Bertz CT molecular complexity index is 1080. The van der Waals surface area contributed by atoms with Gasteiger partial charge in [-0.2, -0.15) is 0 Å². The van der Waals surface area contributed by atoms with E-state index in [1.165, 1.54) is 5.56 Å². The number of fused-ring (bicyclic) bond motifs is 2. The summed E-state index contributed by atoms with van der Waals surface area (Å²) in [4.78, 5) is 4.78. The predicted octanol–water partition coefficient (Wildman–Crippen LogP) is 5.37. The Hall–Kier alpha value is -2.38. The lowest BCUT2D eigenvalue weighted by molar-refractivity contribution is 0.313. The highest BCUT2D eigenvalue weighted by Crippen LogP contribution is 2.30. The smallest absolute Gasteiger partial charge is 0.132 e. The third-order valence-corrected chi connectivity index (χ3v) is 5.74. The summed E-state index contributed by atoms with van der Waals surface area (Å²) < 4.78 is 7.12. The molecule has 29 heavy (non-hydrogen) atoms. The molecule has 5 heteroatoms. The van der Waals surface area contributed by atoms with Gasteiger partial charge in [0.1, 0.15) is 5.75 Å². The Morgan fingerprint density at radius 3 is 2.28 bits per heavy atom. The van der Waals surface area contributed by atoms with Gasteiger partial charge in [-0.3, -0.25) is 0 Å². The number of hydrogen-bond donors (Lipinski definition) is 2. The van der Waals surface area contributed by atoms with E-state index >= 15 is 0 Å². The van der Waals surface area contributed by atoms with Crippen molar-refractivity contribution in [1.29, 1.82) is 0 Å². The second-order valence-electron chi connectivity index (χ2n) is 6.95. The second-order valence-corrected chi connectivity index (χ2v) is 8.12. The summed E-state index contributed by atoms with van der Waals surface area (Å²) in [5, 5.41) is 5.92. The minimum Gasteiger partial charge on any atom is -0.492 e. The Morgan fingerprint density at radius 1 is 0.931 bits per heavy atom. The van der Waals surface area contributed by atoms with E-state index in [9.17, 15) is 0 Å². The fraction of sp³-hybridized carbons (Fsp3) is 0.208. The molecule has 0 atom stereocenters. The first-order valence-corrected chi connectivity index (χ1v) is 11.0. The molecule has 0 bridgehead atoms. The SMILES string of the molecule is NCCc1ccc(OCCCNc2c3ccccc3nc3ccccc23)c([125I])c1. The van der Waals surface area contributed by atoms with Crippen molar-refractivity contribution in [2.75, 3.05) is 25.0 Å². The van der Waals surface area contributed by atoms with E-state index in [2.05, 4.69) is 76.4 Å². The van der Waals surface area contributed by atoms with E-state index in [4.69, 9.17) is 15.5 Å². The van der Waals surface area contributed by atoms with Crippen LogP contribution in [0.15, 0.2) is 66.7 Å². The van der Waals surface area contributed by atoms with Gasteiger partial charge in [0.05, 0.1) is 26.9 Å². The van der Waals surface area contributed by atoms with Crippen molar-refractivity contribution in [2.45, 2.75) is 12.8 Å². The van der Waals surface area contributed by atoms with Gasteiger partial charge in [-0.1, -0.05) is 42.5 Å². The van der Waals surface area contributed by atoms with E-state index in [-0.39, 0.29) is 0 Å². The molecule has 4 aromatic rings. The lowest BCUT2D eigenvalue weighted by Gasteiger charge is -2.14. The molecule has 0 amide bonds. The molecule has 0 unspecified atom stereocenters. The van der Waals surface area contributed by atoms with Crippen LogP contribution >= 0.6 is 22.6 Å². The zero-order valence-electron chi connectivity index (χ0n) is 16.2. The van der Waals surface area contributed by atoms with Gasteiger partial charge in [0.25, 0.3) is 0 Å². The quantitative estimate of drug-likeness (QED) is 0.196. The highest BCUT2D eigenvalue weighted by molar-refractivity contribution is 14.1. The molecular weight excluding hydrogens is 471 g/mol. The molecule has 0 aliphatic heterocycles. The van der Waals surface area contributed by atoms with Crippen LogP contribution in [0.4, 0.5) is 5.69 Å². The van der Waals surface area contributed by atoms with Gasteiger partial charge in [0.2, 0.25) is 0 Å². The summed E-state index contributed by atoms with van der Waals surface area (Å²) in [6.07, 6.45) is 1.81. The molecule has 1 aromatic heterocycles. The van der Waals surface area contributed by atoms with Gasteiger partial charge in [-0.25, -0.2) is 4.98 Å². The maximum Gasteiger partial charge on any atom is 0.132 e. The van der Waals surface area contributed by atoms with Gasteiger partial charge in [-0.05, 0) is 71.8 Å². The topological polar surface area (TPSA) is 60.2 Å². The number of nitrogens with one attached hydrogen (secondary N) is 1. The molecule has 0 saturated carbocycles. The first-order valence-electron chi connectivity index (χ1n) is 9.89. The number of pyridine rings is 1. The number of rotatable bonds is 8. The number of para-hydroxylation sites is 2. The average molecular weight is 495 g/mol. The van der Waals surface area contributed by atoms with Crippen LogP contribution in [-0.4, -0.2) is 24.7 Å². The first kappa shape index (κ1) is 19.9. The van der Waals surface area contributed by atoms with Gasteiger partial charge >= 0.3 is 0 Å². The standard InChI is InChI=1S/C24H24IN3O/c25-20-16-17(12-13-26)10-11-23(20)29-15-5-14-27-24-18-6-1-3-8-21(18)28-22-9-4-2-7-19(22)24/h1-4,6-11,16H,5,12-15,26H2,(H,27,28)/i25-2. The van der Waals surface area contributed by atoms with Crippen molar-refractivity contribution in [2.24, 2.45) is 5.73 Å². The van der Waals surface area contributed by atoms with Crippen molar-refractivity contribution >= 4 is 50.1 Å². The van der Waals surface area contributed by atoms with Crippen LogP contribution in [0.5, 0.6) is 5.75 Å². The summed E-state index contributed by atoms with van der Waals surface area (Å²) in [5.41, 5.74) is 10.1. The van der Waals surface area contributed by atoms with E-state index in [0.29, 0.717) is 13.2 Å². The highest BCUT2D eigenvalue weighted by Gasteiger charge is 2.08. The number of hydrogen-bond acceptors (Lipinski definition) is 4. The number of aromatic nitrogens is 1. The van der Waals surface area contributed by atoms with Crippen molar-refractivity contribution in [3.05, 3.63) is 75.9 Å². The number of anilines is 1. The molecule has 0 aliphatic carbocycles. The molecule has 0 fully saturated rings. The van der Waals surface area contributed by atoms with Crippen molar-refractivity contribution in [3.63, 3.8) is 0 Å². The van der Waals surface area contributed by atoms with E-state index in [0.717, 1.165) is 56.2 Å². The summed E-state index contributed by atoms with van der Waals surface area (Å²) in [6, 6.07) is 22.8. The molecular formula is C24H24IN3O. The largest absolute Gasteiger partial charge is 0.492 e. The number of ether oxygens (including phenoxy) is 1. The summed E-state index contributed by atoms with van der Waals surface area (Å²) in [7, 11) is 0. The lowest BCUT2D eigenvalue weighted by Crippen LogP contribution is -2.09. The molecule has 0 radical (unpaired) electrons. The van der Waals surface area contributed by atoms with Crippen LogP contribution < -0.4 is 15.8 Å². The predicted molar refractivity (Wildman–Crippen MR) is 130 cm³/mol. The molecule has 0 aliphatic rings. The van der Waals surface area contributed by atoms with Crippen molar-refractivity contribution < 1.29 is 4.74 Å². The van der Waals surface area contributed by atoms with Crippen molar-refractivity contribution in [3.8, 4) is 5.75 Å². The molecule has 3 N–H and O–H groups in total. The number of nitrogens with zero attached hydrogens (tertiary/aromatic N) is 1. The van der Waals surface area contributed by atoms with Crippen LogP contribution in [0.2, 0.25) is 0 Å². The Kier molecular flexibility index (Phi) is 6.46. The number of benzene rings is 3. The van der Waals surface area contributed by atoms with E-state index in [1.807, 2.05) is 18.2 Å². The van der Waals surface area contributed by atoms with Crippen LogP contribution in [0.3, 0.4) is 0 Å². The molecule has 148 valence electrons. The lowest BCUT2D eigenvalue weighted by atomic mass is 10.1. The molecule has 4 rings (SSSR count). The molecule has 4 nitrogen and oxygen atoms in total. The molecule has 0 spiro atoms. The zero-order chi connectivity index (χ0) is 20.1. The highest BCUT2D eigenvalue weighted by atomic mass is 125. The fourth-order valence-electron chi connectivity index (χ4n) is 3.48. The minimum atomic E-state index is 0.667. The number of nitrogens with two attached hydrogens (primary N) is 1. The van der Waals surface area contributed by atoms with Gasteiger partial charge in [-0.15, -0.1) is 0 Å². The monoisotopic (exact) mass is 495 g/mol. The van der Waals surface area contributed by atoms with Crippen LogP contribution in [0.1, 0.15) is 12.0 Å². The Morgan fingerprint density at radius 2 is 1.62 bits per heavy atom. The summed E-state index contributed by atoms with van der Waals surface area (Å²) in [6.45, 7) is 2.17. The fourth-order valence-corrected chi connectivity index (χ4v) is 4.22. The molecule has 1 heterocycles. The zero-order valence-corrected chi connectivity index (χ0v) is 18.4. The normalized spacial score (nSPS) is 11.1. The maximum atomic E-state index is 5.99. The van der Waals surface area contributed by atoms with Crippen molar-refractivity contribution in [1.82, 2.24) is 4.98 Å². The summed E-state index contributed by atoms with van der Waals surface area (Å²) >= 11 is 2.33. The van der Waals surface area contributed by atoms with Crippen LogP contribution in [0.25, 0.3) is 21.8 Å².